The summed E-state index contributed by atoms with van der Waals surface area (Å²) in [6.07, 6.45) is 2.13. The first-order chi connectivity index (χ1) is 8.90. The monoisotopic (exact) mass is 283 g/mol. The second-order valence-electron chi connectivity index (χ2n) is 4.74. The Morgan fingerprint density at radius 1 is 1.32 bits per heavy atom. The molecule has 104 valence electrons. The molecule has 1 fully saturated rings. The molecule has 1 aliphatic carbocycles. The standard InChI is InChI=1S/C12H17N3O3S/c13-11(8-1-2-8)7-15-19(17,18)10-5-3-9(4-6-10)12(14)16/h3-6,8,11,15H,1-2,7,13H2,(H2,14,16). The van der Waals surface area contributed by atoms with Crippen LogP contribution in [0.3, 0.4) is 0 Å². The molecule has 1 unspecified atom stereocenters. The zero-order valence-electron chi connectivity index (χ0n) is 10.4. The molecule has 1 atom stereocenters. The molecule has 0 saturated heterocycles. The van der Waals surface area contributed by atoms with E-state index in [0.29, 0.717) is 5.92 Å². The fourth-order valence-electron chi connectivity index (χ4n) is 1.78. The van der Waals surface area contributed by atoms with Gasteiger partial charge in [-0.1, -0.05) is 0 Å². The summed E-state index contributed by atoms with van der Waals surface area (Å²) in [5.74, 6) is -0.160. The van der Waals surface area contributed by atoms with Crippen molar-refractivity contribution in [2.24, 2.45) is 17.4 Å². The van der Waals surface area contributed by atoms with Crippen molar-refractivity contribution in [2.75, 3.05) is 6.54 Å². The van der Waals surface area contributed by atoms with E-state index in [0.717, 1.165) is 12.8 Å². The lowest BCUT2D eigenvalue weighted by Gasteiger charge is -2.12. The molecule has 7 heteroatoms. The lowest BCUT2D eigenvalue weighted by atomic mass is 10.2. The van der Waals surface area contributed by atoms with Crippen molar-refractivity contribution < 1.29 is 13.2 Å². The molecule has 2 rings (SSSR count). The third kappa shape index (κ3) is 3.52. The highest BCUT2D eigenvalue weighted by molar-refractivity contribution is 7.89. The van der Waals surface area contributed by atoms with E-state index in [2.05, 4.69) is 4.72 Å². The number of amides is 1. The fourth-order valence-corrected chi connectivity index (χ4v) is 2.85. The molecular formula is C12H17N3O3S. The van der Waals surface area contributed by atoms with Crippen LogP contribution in [-0.2, 0) is 10.0 Å². The highest BCUT2D eigenvalue weighted by atomic mass is 32.2. The lowest BCUT2D eigenvalue weighted by molar-refractivity contribution is 0.1000. The Hall–Kier alpha value is -1.44. The van der Waals surface area contributed by atoms with Crippen molar-refractivity contribution in [3.8, 4) is 0 Å². The van der Waals surface area contributed by atoms with Crippen molar-refractivity contribution in [1.82, 2.24) is 4.72 Å². The Kier molecular flexibility index (Phi) is 3.88. The van der Waals surface area contributed by atoms with E-state index in [1.165, 1.54) is 24.3 Å². The van der Waals surface area contributed by atoms with Crippen LogP contribution >= 0.6 is 0 Å². The van der Waals surface area contributed by atoms with Gasteiger partial charge >= 0.3 is 0 Å². The Morgan fingerprint density at radius 3 is 2.37 bits per heavy atom. The molecule has 0 aliphatic heterocycles. The summed E-state index contributed by atoms with van der Waals surface area (Å²) in [6.45, 7) is 0.227. The predicted octanol–water partition coefficient (Wildman–Crippen LogP) is -0.199. The summed E-state index contributed by atoms with van der Waals surface area (Å²) in [5.41, 5.74) is 11.2. The molecular weight excluding hydrogens is 266 g/mol. The average Bonchev–Trinajstić information content (AvgIpc) is 3.20. The number of carbonyl (C=O) groups is 1. The van der Waals surface area contributed by atoms with Gasteiger partial charge in [0.05, 0.1) is 4.90 Å². The van der Waals surface area contributed by atoms with Gasteiger partial charge in [-0.25, -0.2) is 13.1 Å². The minimum atomic E-state index is -3.59. The van der Waals surface area contributed by atoms with Crippen molar-refractivity contribution >= 4 is 15.9 Å². The van der Waals surface area contributed by atoms with E-state index in [-0.39, 0.29) is 23.0 Å². The van der Waals surface area contributed by atoms with E-state index in [1.54, 1.807) is 0 Å². The molecule has 0 spiro atoms. The molecule has 1 aliphatic rings. The number of rotatable bonds is 6. The van der Waals surface area contributed by atoms with E-state index < -0.39 is 15.9 Å². The highest BCUT2D eigenvalue weighted by Gasteiger charge is 2.29. The quantitative estimate of drug-likeness (QED) is 0.670. The van der Waals surface area contributed by atoms with Crippen molar-refractivity contribution in [3.05, 3.63) is 29.8 Å². The summed E-state index contributed by atoms with van der Waals surface area (Å²) < 4.78 is 26.4. The van der Waals surface area contributed by atoms with Gasteiger partial charge in [-0.3, -0.25) is 4.79 Å². The SMILES string of the molecule is NC(=O)c1ccc(S(=O)(=O)NCC(N)C2CC2)cc1. The van der Waals surface area contributed by atoms with Gasteiger partial charge < -0.3 is 11.5 Å². The van der Waals surface area contributed by atoms with E-state index in [9.17, 15) is 13.2 Å². The van der Waals surface area contributed by atoms with Crippen molar-refractivity contribution in [2.45, 2.75) is 23.8 Å². The van der Waals surface area contributed by atoms with Crippen LogP contribution in [0.2, 0.25) is 0 Å². The van der Waals surface area contributed by atoms with Gasteiger partial charge in [0, 0.05) is 18.2 Å². The molecule has 0 radical (unpaired) electrons. The first-order valence-corrected chi connectivity index (χ1v) is 7.53. The van der Waals surface area contributed by atoms with Crippen LogP contribution in [0.25, 0.3) is 0 Å². The zero-order valence-corrected chi connectivity index (χ0v) is 11.2. The number of carbonyl (C=O) groups excluding carboxylic acids is 1. The Morgan fingerprint density at radius 2 is 1.89 bits per heavy atom. The second kappa shape index (κ2) is 5.28. The van der Waals surface area contributed by atoms with Crippen molar-refractivity contribution in [3.63, 3.8) is 0 Å². The second-order valence-corrected chi connectivity index (χ2v) is 6.51. The number of sulfonamides is 1. The maximum Gasteiger partial charge on any atom is 0.248 e. The molecule has 5 N–H and O–H groups in total. The fraction of sp³-hybridized carbons (Fsp3) is 0.417. The smallest absolute Gasteiger partial charge is 0.248 e. The van der Waals surface area contributed by atoms with Crippen LogP contribution in [-0.4, -0.2) is 26.9 Å². The molecule has 0 aromatic heterocycles. The maximum absolute atomic E-state index is 12.0. The third-order valence-electron chi connectivity index (χ3n) is 3.19. The molecule has 1 aromatic rings. The van der Waals surface area contributed by atoms with Gasteiger partial charge in [0.1, 0.15) is 0 Å². The van der Waals surface area contributed by atoms with Crippen LogP contribution in [0.5, 0.6) is 0 Å². The van der Waals surface area contributed by atoms with Gasteiger partial charge in [0.15, 0.2) is 0 Å². The lowest BCUT2D eigenvalue weighted by Crippen LogP contribution is -2.38. The molecule has 0 bridgehead atoms. The largest absolute Gasteiger partial charge is 0.366 e. The summed E-state index contributed by atoms with van der Waals surface area (Å²) in [5, 5.41) is 0. The van der Waals surface area contributed by atoms with E-state index in [1.807, 2.05) is 0 Å². The highest BCUT2D eigenvalue weighted by Crippen LogP contribution is 2.31. The average molecular weight is 283 g/mol. The first kappa shape index (κ1) is 14.0. The number of benzene rings is 1. The minimum Gasteiger partial charge on any atom is -0.366 e. The summed E-state index contributed by atoms with van der Waals surface area (Å²) in [6, 6.07) is 5.34. The van der Waals surface area contributed by atoms with Gasteiger partial charge in [-0.15, -0.1) is 0 Å². The number of nitrogens with two attached hydrogens (primary N) is 2. The molecule has 1 amide bonds. The van der Waals surface area contributed by atoms with E-state index >= 15 is 0 Å². The summed E-state index contributed by atoms with van der Waals surface area (Å²) in [4.78, 5) is 11.0. The normalized spacial score (nSPS) is 17.1. The Labute approximate surface area is 112 Å². The zero-order chi connectivity index (χ0) is 14.0. The summed E-state index contributed by atoms with van der Waals surface area (Å²) >= 11 is 0. The number of hydrogen-bond acceptors (Lipinski definition) is 4. The Bertz CT molecular complexity index is 564. The van der Waals surface area contributed by atoms with Gasteiger partial charge in [-0.2, -0.15) is 0 Å². The summed E-state index contributed by atoms with van der Waals surface area (Å²) in [7, 11) is -3.59. The van der Waals surface area contributed by atoms with Gasteiger partial charge in [0.2, 0.25) is 15.9 Å². The van der Waals surface area contributed by atoms with Crippen LogP contribution in [0.1, 0.15) is 23.2 Å². The Balaban J connectivity index is 2.03. The third-order valence-corrected chi connectivity index (χ3v) is 4.63. The predicted molar refractivity (Wildman–Crippen MR) is 70.8 cm³/mol. The van der Waals surface area contributed by atoms with Crippen LogP contribution < -0.4 is 16.2 Å². The topological polar surface area (TPSA) is 115 Å². The number of hydrogen-bond donors (Lipinski definition) is 3. The minimum absolute atomic E-state index is 0.0977. The van der Waals surface area contributed by atoms with Gasteiger partial charge in [-0.05, 0) is 43.0 Å². The molecule has 1 saturated carbocycles. The van der Waals surface area contributed by atoms with E-state index in [4.69, 9.17) is 11.5 Å². The van der Waals surface area contributed by atoms with Crippen molar-refractivity contribution in [1.29, 1.82) is 0 Å². The van der Waals surface area contributed by atoms with Gasteiger partial charge in [0.25, 0.3) is 0 Å². The molecule has 1 aromatic carbocycles. The molecule has 19 heavy (non-hydrogen) atoms. The maximum atomic E-state index is 12.0. The van der Waals surface area contributed by atoms with Crippen LogP contribution in [0.15, 0.2) is 29.2 Å². The molecule has 0 heterocycles. The molecule has 6 nitrogen and oxygen atoms in total. The van der Waals surface area contributed by atoms with Crippen LogP contribution in [0.4, 0.5) is 0 Å². The number of primary amides is 1. The number of nitrogens with one attached hydrogen (secondary N) is 1. The van der Waals surface area contributed by atoms with Crippen LogP contribution in [0, 0.1) is 5.92 Å². The first-order valence-electron chi connectivity index (χ1n) is 6.05.